The fraction of sp³-hybridized carbons (Fsp3) is 0.273. The maximum absolute atomic E-state index is 13.5. The van der Waals surface area contributed by atoms with Crippen LogP contribution in [0, 0.1) is 0 Å². The summed E-state index contributed by atoms with van der Waals surface area (Å²) in [4.78, 5) is 26.9. The summed E-state index contributed by atoms with van der Waals surface area (Å²) >= 11 is 0. The van der Waals surface area contributed by atoms with Crippen LogP contribution in [0.2, 0.25) is 0 Å². The average Bonchev–Trinajstić information content (AvgIpc) is 2.72. The summed E-state index contributed by atoms with van der Waals surface area (Å²) < 4.78 is 37.5. The SMILES string of the molecule is CC(C)(C(=O)OCc1ccccc1)N1COC(C(F)F)=C(c2ccccc2)C1=O. The first-order chi connectivity index (χ1) is 13.8. The van der Waals surface area contributed by atoms with Gasteiger partial charge < -0.3 is 9.47 Å². The monoisotopic (exact) mass is 401 g/mol. The van der Waals surface area contributed by atoms with Crippen molar-refractivity contribution < 1.29 is 27.8 Å². The predicted molar refractivity (Wildman–Crippen MR) is 102 cm³/mol. The number of benzene rings is 2. The molecule has 0 radical (unpaired) electrons. The normalized spacial score (nSPS) is 14.8. The molecule has 0 spiro atoms. The zero-order chi connectivity index (χ0) is 21.0. The molecule has 7 heteroatoms. The lowest BCUT2D eigenvalue weighted by molar-refractivity contribution is -0.167. The van der Waals surface area contributed by atoms with E-state index in [9.17, 15) is 18.4 Å². The molecule has 2 aromatic rings. The van der Waals surface area contributed by atoms with Crippen molar-refractivity contribution in [3.8, 4) is 0 Å². The minimum atomic E-state index is -2.95. The standard InChI is InChI=1S/C22H21F2NO4/c1-22(2,21(27)28-13-15-9-5-3-6-10-15)25-14-29-18(19(23)24)17(20(25)26)16-11-7-4-8-12-16/h3-12,19H,13-14H2,1-2H3. The van der Waals surface area contributed by atoms with E-state index in [2.05, 4.69) is 0 Å². The van der Waals surface area contributed by atoms with Crippen LogP contribution in [0.15, 0.2) is 66.4 Å². The number of hydrogen-bond acceptors (Lipinski definition) is 4. The molecule has 0 bridgehead atoms. The number of nitrogens with zero attached hydrogens (tertiary/aromatic N) is 1. The van der Waals surface area contributed by atoms with Gasteiger partial charge in [-0.1, -0.05) is 60.7 Å². The molecule has 152 valence electrons. The molecule has 1 amide bonds. The molecule has 1 heterocycles. The molecule has 0 unspecified atom stereocenters. The summed E-state index contributed by atoms with van der Waals surface area (Å²) in [6.07, 6.45) is -2.95. The minimum Gasteiger partial charge on any atom is -0.470 e. The highest BCUT2D eigenvalue weighted by molar-refractivity contribution is 6.21. The Kier molecular flexibility index (Phi) is 5.96. The topological polar surface area (TPSA) is 55.8 Å². The van der Waals surface area contributed by atoms with E-state index in [-0.39, 0.29) is 12.2 Å². The zero-order valence-electron chi connectivity index (χ0n) is 16.1. The highest BCUT2D eigenvalue weighted by Crippen LogP contribution is 2.33. The number of allylic oxidation sites excluding steroid dienone is 1. The van der Waals surface area contributed by atoms with Crippen LogP contribution in [0.1, 0.15) is 25.0 Å². The van der Waals surface area contributed by atoms with Crippen LogP contribution in [0.4, 0.5) is 8.78 Å². The van der Waals surface area contributed by atoms with Gasteiger partial charge in [0, 0.05) is 0 Å². The molecule has 1 aliphatic heterocycles. The summed E-state index contributed by atoms with van der Waals surface area (Å²) in [6, 6.07) is 17.2. The number of amides is 1. The molecule has 2 aromatic carbocycles. The molecule has 0 N–H and O–H groups in total. The van der Waals surface area contributed by atoms with Gasteiger partial charge in [-0.05, 0) is 25.0 Å². The Morgan fingerprint density at radius 3 is 2.28 bits per heavy atom. The van der Waals surface area contributed by atoms with E-state index < -0.39 is 36.3 Å². The summed E-state index contributed by atoms with van der Waals surface area (Å²) in [6.45, 7) is 2.56. The molecule has 0 aromatic heterocycles. The highest BCUT2D eigenvalue weighted by Gasteiger charge is 2.45. The second kappa shape index (κ2) is 8.43. The second-order valence-corrected chi connectivity index (χ2v) is 7.03. The van der Waals surface area contributed by atoms with Crippen LogP contribution >= 0.6 is 0 Å². The molecule has 0 atom stereocenters. The Balaban J connectivity index is 1.84. The maximum Gasteiger partial charge on any atom is 0.331 e. The van der Waals surface area contributed by atoms with E-state index in [1.807, 2.05) is 18.2 Å². The number of ether oxygens (including phenoxy) is 2. The van der Waals surface area contributed by atoms with Crippen LogP contribution in [0.5, 0.6) is 0 Å². The van der Waals surface area contributed by atoms with Crippen LogP contribution in [-0.4, -0.2) is 35.5 Å². The van der Waals surface area contributed by atoms with Gasteiger partial charge in [-0.2, -0.15) is 0 Å². The van der Waals surface area contributed by atoms with E-state index >= 15 is 0 Å². The Bertz CT molecular complexity index is 911. The third-order valence-electron chi connectivity index (χ3n) is 4.70. The lowest BCUT2D eigenvalue weighted by atomic mass is 9.97. The van der Waals surface area contributed by atoms with Crippen molar-refractivity contribution in [2.24, 2.45) is 0 Å². The number of esters is 1. The number of hydrogen-bond donors (Lipinski definition) is 0. The fourth-order valence-corrected chi connectivity index (χ4v) is 2.97. The van der Waals surface area contributed by atoms with Crippen molar-refractivity contribution in [2.45, 2.75) is 32.4 Å². The van der Waals surface area contributed by atoms with Crippen molar-refractivity contribution in [1.29, 1.82) is 0 Å². The average molecular weight is 401 g/mol. The van der Waals surface area contributed by atoms with Gasteiger partial charge in [-0.25, -0.2) is 13.6 Å². The molecule has 0 fully saturated rings. The van der Waals surface area contributed by atoms with Crippen LogP contribution in [0.3, 0.4) is 0 Å². The number of alkyl halides is 2. The third-order valence-corrected chi connectivity index (χ3v) is 4.70. The van der Waals surface area contributed by atoms with E-state index in [0.29, 0.717) is 5.56 Å². The molecular weight excluding hydrogens is 380 g/mol. The van der Waals surface area contributed by atoms with Crippen molar-refractivity contribution in [2.75, 3.05) is 6.73 Å². The van der Waals surface area contributed by atoms with Crippen molar-refractivity contribution >= 4 is 17.4 Å². The first-order valence-electron chi connectivity index (χ1n) is 9.06. The summed E-state index contributed by atoms with van der Waals surface area (Å²) in [5.74, 6) is -2.06. The van der Waals surface area contributed by atoms with Gasteiger partial charge in [0.1, 0.15) is 12.1 Å². The van der Waals surface area contributed by atoms with Crippen molar-refractivity contribution in [3.63, 3.8) is 0 Å². The predicted octanol–water partition coefficient (Wildman–Crippen LogP) is 4.00. The smallest absolute Gasteiger partial charge is 0.331 e. The number of rotatable bonds is 6. The molecule has 0 saturated carbocycles. The van der Waals surface area contributed by atoms with E-state index in [1.54, 1.807) is 42.5 Å². The Morgan fingerprint density at radius 1 is 1.10 bits per heavy atom. The second-order valence-electron chi connectivity index (χ2n) is 7.03. The number of halogens is 2. The number of carbonyl (C=O) groups excluding carboxylic acids is 2. The zero-order valence-corrected chi connectivity index (χ0v) is 16.1. The van der Waals surface area contributed by atoms with Gasteiger partial charge in [-0.3, -0.25) is 9.69 Å². The fourth-order valence-electron chi connectivity index (χ4n) is 2.97. The van der Waals surface area contributed by atoms with Gasteiger partial charge >= 0.3 is 5.97 Å². The lowest BCUT2D eigenvalue weighted by Gasteiger charge is -2.39. The van der Waals surface area contributed by atoms with Crippen LogP contribution < -0.4 is 0 Å². The quantitative estimate of drug-likeness (QED) is 0.687. The van der Waals surface area contributed by atoms with Gasteiger partial charge in [0.15, 0.2) is 12.5 Å². The maximum atomic E-state index is 13.5. The summed E-state index contributed by atoms with van der Waals surface area (Å²) in [5, 5.41) is 0. The van der Waals surface area contributed by atoms with Gasteiger partial charge in [0.25, 0.3) is 12.3 Å². The Hall–Kier alpha value is -3.22. The highest BCUT2D eigenvalue weighted by atomic mass is 19.3. The van der Waals surface area contributed by atoms with E-state index in [4.69, 9.17) is 9.47 Å². The van der Waals surface area contributed by atoms with Gasteiger partial charge in [0.05, 0.1) is 5.57 Å². The summed E-state index contributed by atoms with van der Waals surface area (Å²) in [5.41, 5.74) is -0.580. The van der Waals surface area contributed by atoms with Gasteiger partial charge in [0.2, 0.25) is 0 Å². The van der Waals surface area contributed by atoms with E-state index in [0.717, 1.165) is 10.5 Å². The Morgan fingerprint density at radius 2 is 1.69 bits per heavy atom. The molecule has 29 heavy (non-hydrogen) atoms. The molecular formula is C22H21F2NO4. The van der Waals surface area contributed by atoms with Crippen LogP contribution in [0.25, 0.3) is 5.57 Å². The van der Waals surface area contributed by atoms with Gasteiger partial charge in [-0.15, -0.1) is 0 Å². The third kappa shape index (κ3) is 4.29. The van der Waals surface area contributed by atoms with E-state index in [1.165, 1.54) is 13.8 Å². The molecule has 3 rings (SSSR count). The molecule has 5 nitrogen and oxygen atoms in total. The lowest BCUT2D eigenvalue weighted by Crippen LogP contribution is -2.56. The van der Waals surface area contributed by atoms with Crippen molar-refractivity contribution in [1.82, 2.24) is 4.90 Å². The first-order valence-corrected chi connectivity index (χ1v) is 9.06. The molecule has 0 saturated heterocycles. The number of carbonyl (C=O) groups is 2. The Labute approximate surface area is 167 Å². The molecule has 1 aliphatic rings. The summed E-state index contributed by atoms with van der Waals surface area (Å²) in [7, 11) is 0. The van der Waals surface area contributed by atoms with Crippen molar-refractivity contribution in [3.05, 3.63) is 77.5 Å². The first kappa shape index (κ1) is 20.5. The minimum absolute atomic E-state index is 0.0374. The van der Waals surface area contributed by atoms with Crippen LogP contribution in [-0.2, 0) is 25.7 Å². The molecule has 0 aliphatic carbocycles. The largest absolute Gasteiger partial charge is 0.470 e.